The molecule has 1 aromatic heterocycles. The zero-order valence-electron chi connectivity index (χ0n) is 16.4. The van der Waals surface area contributed by atoms with Crippen molar-refractivity contribution in [2.45, 2.75) is 38.0 Å². The smallest absolute Gasteiger partial charge is 0.248 e. The Morgan fingerprint density at radius 1 is 1.14 bits per heavy atom. The highest BCUT2D eigenvalue weighted by molar-refractivity contribution is 7.89. The van der Waals surface area contributed by atoms with E-state index >= 15 is 0 Å². The minimum absolute atomic E-state index is 0.0824. The third-order valence-electron chi connectivity index (χ3n) is 5.17. The van der Waals surface area contributed by atoms with Crippen molar-refractivity contribution in [3.63, 3.8) is 0 Å². The standard InChI is InChI=1S/C19H24FN3O4S/c1-13-17(14(2)27-21-13)28(25,26)23-11-9-22(10-12-23)18(24)19(3,4)15-7-5-6-8-16(15)20/h5-8H,9-12H2,1-4H3. The van der Waals surface area contributed by atoms with Crippen LogP contribution in [0.5, 0.6) is 0 Å². The maximum Gasteiger partial charge on any atom is 0.248 e. The van der Waals surface area contributed by atoms with Gasteiger partial charge in [-0.1, -0.05) is 23.4 Å². The Labute approximate surface area is 164 Å². The fraction of sp³-hybridized carbons (Fsp3) is 0.474. The molecule has 152 valence electrons. The third kappa shape index (κ3) is 3.44. The van der Waals surface area contributed by atoms with Crippen LogP contribution in [0, 0.1) is 19.7 Å². The van der Waals surface area contributed by atoms with Crippen LogP contribution < -0.4 is 0 Å². The predicted octanol–water partition coefficient (Wildman–Crippen LogP) is 2.24. The second-order valence-corrected chi connectivity index (χ2v) is 9.33. The lowest BCUT2D eigenvalue weighted by atomic mass is 9.82. The number of aromatic nitrogens is 1. The lowest BCUT2D eigenvalue weighted by Gasteiger charge is -2.38. The number of aryl methyl sites for hydroxylation is 2. The zero-order valence-corrected chi connectivity index (χ0v) is 17.2. The molecule has 7 nitrogen and oxygen atoms in total. The topological polar surface area (TPSA) is 83.7 Å². The van der Waals surface area contributed by atoms with Crippen LogP contribution in [-0.4, -0.2) is 54.9 Å². The number of amides is 1. The van der Waals surface area contributed by atoms with Gasteiger partial charge in [0.15, 0.2) is 5.76 Å². The monoisotopic (exact) mass is 409 g/mol. The molecule has 0 radical (unpaired) electrons. The first-order valence-corrected chi connectivity index (χ1v) is 10.5. The highest BCUT2D eigenvalue weighted by Gasteiger charge is 2.39. The SMILES string of the molecule is Cc1noc(C)c1S(=O)(=O)N1CCN(C(=O)C(C)(C)c2ccccc2F)CC1. The molecular formula is C19H24FN3O4S. The number of piperazine rings is 1. The van der Waals surface area contributed by atoms with Gasteiger partial charge >= 0.3 is 0 Å². The van der Waals surface area contributed by atoms with Crippen molar-refractivity contribution >= 4 is 15.9 Å². The molecule has 28 heavy (non-hydrogen) atoms. The first-order chi connectivity index (χ1) is 13.1. The van der Waals surface area contributed by atoms with E-state index in [0.29, 0.717) is 11.3 Å². The second kappa shape index (κ2) is 7.29. The van der Waals surface area contributed by atoms with E-state index in [1.54, 1.807) is 50.8 Å². The van der Waals surface area contributed by atoms with Crippen LogP contribution in [0.1, 0.15) is 30.9 Å². The fourth-order valence-corrected chi connectivity index (χ4v) is 5.30. The molecule has 1 fully saturated rings. The van der Waals surface area contributed by atoms with Crippen molar-refractivity contribution < 1.29 is 22.1 Å². The quantitative estimate of drug-likeness (QED) is 0.773. The summed E-state index contributed by atoms with van der Waals surface area (Å²) in [6.07, 6.45) is 0. The first kappa shape index (κ1) is 20.5. The van der Waals surface area contributed by atoms with E-state index in [9.17, 15) is 17.6 Å². The highest BCUT2D eigenvalue weighted by atomic mass is 32.2. The van der Waals surface area contributed by atoms with E-state index in [0.717, 1.165) is 0 Å². The third-order valence-corrected chi connectivity index (χ3v) is 7.32. The van der Waals surface area contributed by atoms with Crippen molar-refractivity contribution in [1.82, 2.24) is 14.4 Å². The lowest BCUT2D eigenvalue weighted by molar-refractivity contribution is -0.137. The van der Waals surface area contributed by atoms with E-state index in [1.807, 2.05) is 0 Å². The van der Waals surface area contributed by atoms with Crippen LogP contribution in [0.4, 0.5) is 4.39 Å². The number of nitrogens with zero attached hydrogens (tertiary/aromatic N) is 3. The number of halogens is 1. The first-order valence-electron chi connectivity index (χ1n) is 9.04. The second-order valence-electron chi connectivity index (χ2n) is 7.45. The summed E-state index contributed by atoms with van der Waals surface area (Å²) in [7, 11) is -3.74. The number of sulfonamides is 1. The van der Waals surface area contributed by atoms with Gasteiger partial charge in [0.05, 0.1) is 5.41 Å². The summed E-state index contributed by atoms with van der Waals surface area (Å²) in [4.78, 5) is 14.7. The summed E-state index contributed by atoms with van der Waals surface area (Å²) < 4.78 is 46.3. The zero-order chi connectivity index (χ0) is 20.7. The summed E-state index contributed by atoms with van der Waals surface area (Å²) >= 11 is 0. The Morgan fingerprint density at radius 3 is 2.29 bits per heavy atom. The molecule has 2 heterocycles. The largest absolute Gasteiger partial charge is 0.360 e. The van der Waals surface area contributed by atoms with E-state index in [-0.39, 0.29) is 42.7 Å². The number of rotatable bonds is 4. The minimum Gasteiger partial charge on any atom is -0.360 e. The maximum atomic E-state index is 14.2. The van der Waals surface area contributed by atoms with Gasteiger partial charge < -0.3 is 9.42 Å². The van der Waals surface area contributed by atoms with Crippen LogP contribution in [-0.2, 0) is 20.2 Å². The maximum absolute atomic E-state index is 14.2. The van der Waals surface area contributed by atoms with Gasteiger partial charge in [0.25, 0.3) is 0 Å². The van der Waals surface area contributed by atoms with E-state index in [4.69, 9.17) is 4.52 Å². The molecule has 0 bridgehead atoms. The molecule has 2 aromatic rings. The van der Waals surface area contributed by atoms with Crippen LogP contribution in [0.2, 0.25) is 0 Å². The molecule has 0 aliphatic carbocycles. The molecule has 0 unspecified atom stereocenters. The molecule has 0 spiro atoms. The molecule has 1 saturated heterocycles. The van der Waals surface area contributed by atoms with Crippen molar-refractivity contribution in [2.24, 2.45) is 0 Å². The van der Waals surface area contributed by atoms with Gasteiger partial charge in [-0.05, 0) is 33.8 Å². The van der Waals surface area contributed by atoms with Crippen molar-refractivity contribution in [3.8, 4) is 0 Å². The van der Waals surface area contributed by atoms with Gasteiger partial charge in [-0.25, -0.2) is 12.8 Å². The van der Waals surface area contributed by atoms with Crippen molar-refractivity contribution in [2.75, 3.05) is 26.2 Å². The van der Waals surface area contributed by atoms with E-state index in [2.05, 4.69) is 5.16 Å². The van der Waals surface area contributed by atoms with Gasteiger partial charge in [0.2, 0.25) is 15.9 Å². The fourth-order valence-electron chi connectivity index (χ4n) is 3.58. The van der Waals surface area contributed by atoms with Gasteiger partial charge in [0.1, 0.15) is 16.4 Å². The molecule has 0 N–H and O–H groups in total. The number of benzene rings is 1. The number of carbonyl (C=O) groups is 1. The molecule has 1 amide bonds. The normalized spacial score (nSPS) is 16.4. The molecule has 0 saturated carbocycles. The van der Waals surface area contributed by atoms with Crippen LogP contribution >= 0.6 is 0 Å². The molecule has 0 atom stereocenters. The summed E-state index contributed by atoms with van der Waals surface area (Å²) in [5, 5.41) is 3.71. The van der Waals surface area contributed by atoms with Gasteiger partial charge in [-0.15, -0.1) is 0 Å². The average Bonchev–Trinajstić information content (AvgIpc) is 3.00. The number of hydrogen-bond acceptors (Lipinski definition) is 5. The Kier molecular flexibility index (Phi) is 5.33. The van der Waals surface area contributed by atoms with E-state index in [1.165, 1.54) is 10.4 Å². The average molecular weight is 409 g/mol. The predicted molar refractivity (Wildman–Crippen MR) is 101 cm³/mol. The van der Waals surface area contributed by atoms with Crippen LogP contribution in [0.3, 0.4) is 0 Å². The van der Waals surface area contributed by atoms with Gasteiger partial charge in [0, 0.05) is 31.7 Å². The highest BCUT2D eigenvalue weighted by Crippen LogP contribution is 2.29. The van der Waals surface area contributed by atoms with Crippen molar-refractivity contribution in [3.05, 3.63) is 47.1 Å². The molecule has 9 heteroatoms. The molecule has 1 aliphatic rings. The summed E-state index contributed by atoms with van der Waals surface area (Å²) in [5.74, 6) is -0.413. The number of hydrogen-bond donors (Lipinski definition) is 0. The minimum atomic E-state index is -3.74. The Bertz CT molecular complexity index is 973. The molecule has 1 aliphatic heterocycles. The molecule has 3 rings (SSSR count). The molecular weight excluding hydrogens is 385 g/mol. The van der Waals surface area contributed by atoms with Gasteiger partial charge in [-0.3, -0.25) is 4.79 Å². The molecule has 1 aromatic carbocycles. The lowest BCUT2D eigenvalue weighted by Crippen LogP contribution is -2.54. The Hall–Kier alpha value is -2.26. The van der Waals surface area contributed by atoms with Crippen LogP contribution in [0.25, 0.3) is 0 Å². The Morgan fingerprint density at radius 2 is 1.75 bits per heavy atom. The van der Waals surface area contributed by atoms with E-state index < -0.39 is 21.3 Å². The van der Waals surface area contributed by atoms with Crippen molar-refractivity contribution in [1.29, 1.82) is 0 Å². The van der Waals surface area contributed by atoms with Gasteiger partial charge in [-0.2, -0.15) is 4.31 Å². The Balaban J connectivity index is 1.75. The summed E-state index contributed by atoms with van der Waals surface area (Å²) in [6.45, 7) is 7.29. The summed E-state index contributed by atoms with van der Waals surface area (Å²) in [5.41, 5.74) is -0.406. The van der Waals surface area contributed by atoms with Crippen LogP contribution in [0.15, 0.2) is 33.7 Å². The summed E-state index contributed by atoms with van der Waals surface area (Å²) in [6, 6.07) is 6.21. The number of carbonyl (C=O) groups excluding carboxylic acids is 1.